The standard InChI is InChI=1S/C11H14BrN5O2/c1-3-8-11(12)9(16(2)14-8)6-17-5-7(13-15-17)4-10(18)19/h5H,3-4,6H2,1-2H3,(H,18,19). The maximum Gasteiger partial charge on any atom is 0.309 e. The van der Waals surface area contributed by atoms with E-state index in [9.17, 15) is 4.79 Å². The second kappa shape index (κ2) is 5.52. The summed E-state index contributed by atoms with van der Waals surface area (Å²) in [5.41, 5.74) is 2.41. The van der Waals surface area contributed by atoms with Gasteiger partial charge >= 0.3 is 5.97 Å². The highest BCUT2D eigenvalue weighted by atomic mass is 79.9. The minimum atomic E-state index is -0.915. The Kier molecular flexibility index (Phi) is 3.98. The number of aliphatic carboxylic acids is 1. The van der Waals surface area contributed by atoms with Crippen LogP contribution in [-0.2, 0) is 31.2 Å². The van der Waals surface area contributed by atoms with Gasteiger partial charge in [-0.05, 0) is 22.4 Å². The molecule has 2 aromatic rings. The van der Waals surface area contributed by atoms with Crippen LogP contribution in [0, 0.1) is 0 Å². The predicted molar refractivity (Wildman–Crippen MR) is 70.7 cm³/mol. The van der Waals surface area contributed by atoms with Gasteiger partial charge in [-0.3, -0.25) is 9.48 Å². The van der Waals surface area contributed by atoms with Crippen LogP contribution in [0.2, 0.25) is 0 Å². The van der Waals surface area contributed by atoms with E-state index in [2.05, 4.69) is 31.3 Å². The molecule has 0 aliphatic rings. The Morgan fingerprint density at radius 1 is 1.53 bits per heavy atom. The minimum Gasteiger partial charge on any atom is -0.481 e. The molecule has 2 aromatic heterocycles. The minimum absolute atomic E-state index is 0.118. The van der Waals surface area contributed by atoms with Crippen molar-refractivity contribution in [1.82, 2.24) is 24.8 Å². The van der Waals surface area contributed by atoms with Crippen LogP contribution in [0.15, 0.2) is 10.7 Å². The van der Waals surface area contributed by atoms with Crippen LogP contribution in [0.5, 0.6) is 0 Å². The second-order valence-electron chi connectivity index (χ2n) is 4.16. The molecule has 0 aliphatic carbocycles. The van der Waals surface area contributed by atoms with Gasteiger partial charge in [-0.2, -0.15) is 5.10 Å². The summed E-state index contributed by atoms with van der Waals surface area (Å²) in [6, 6.07) is 0. The number of carbonyl (C=O) groups is 1. The van der Waals surface area contributed by atoms with E-state index in [1.165, 1.54) is 0 Å². The number of halogens is 1. The number of carboxylic acid groups (broad SMARTS) is 1. The van der Waals surface area contributed by atoms with E-state index < -0.39 is 5.97 Å². The molecule has 0 amide bonds. The molecule has 0 fully saturated rings. The zero-order valence-corrected chi connectivity index (χ0v) is 12.3. The third-order valence-corrected chi connectivity index (χ3v) is 3.65. The molecule has 0 atom stereocenters. The molecule has 0 aromatic carbocycles. The van der Waals surface area contributed by atoms with Gasteiger partial charge in [0.1, 0.15) is 0 Å². The van der Waals surface area contributed by atoms with Gasteiger partial charge < -0.3 is 5.11 Å². The molecule has 8 heteroatoms. The summed E-state index contributed by atoms with van der Waals surface area (Å²) in [4.78, 5) is 10.6. The third-order valence-electron chi connectivity index (χ3n) is 2.73. The van der Waals surface area contributed by atoms with Crippen LogP contribution in [0.1, 0.15) is 24.0 Å². The average Bonchev–Trinajstić information content (AvgIpc) is 2.88. The molecule has 2 heterocycles. The van der Waals surface area contributed by atoms with Crippen LogP contribution >= 0.6 is 15.9 Å². The van der Waals surface area contributed by atoms with Crippen LogP contribution in [0.3, 0.4) is 0 Å². The van der Waals surface area contributed by atoms with E-state index in [0.717, 1.165) is 22.3 Å². The maximum atomic E-state index is 10.6. The van der Waals surface area contributed by atoms with Crippen molar-refractivity contribution < 1.29 is 9.90 Å². The number of hydrogen-bond acceptors (Lipinski definition) is 4. The highest BCUT2D eigenvalue weighted by Gasteiger charge is 2.14. The molecule has 1 N–H and O–H groups in total. The van der Waals surface area contributed by atoms with Crippen LogP contribution in [-0.4, -0.2) is 35.9 Å². The van der Waals surface area contributed by atoms with Crippen molar-refractivity contribution in [3.8, 4) is 0 Å². The summed E-state index contributed by atoms with van der Waals surface area (Å²) in [5, 5.41) is 20.8. The first-order chi connectivity index (χ1) is 9.01. The van der Waals surface area contributed by atoms with Crippen LogP contribution in [0.4, 0.5) is 0 Å². The fraction of sp³-hybridized carbons (Fsp3) is 0.455. The average molecular weight is 328 g/mol. The van der Waals surface area contributed by atoms with E-state index in [-0.39, 0.29) is 6.42 Å². The molecule has 7 nitrogen and oxygen atoms in total. The van der Waals surface area contributed by atoms with Crippen molar-refractivity contribution in [2.45, 2.75) is 26.3 Å². The van der Waals surface area contributed by atoms with E-state index in [4.69, 9.17) is 5.11 Å². The quantitative estimate of drug-likeness (QED) is 0.885. The Morgan fingerprint density at radius 2 is 2.26 bits per heavy atom. The number of aryl methyl sites for hydroxylation is 2. The Balaban J connectivity index is 2.19. The molecule has 0 aliphatic heterocycles. The van der Waals surface area contributed by atoms with Crippen molar-refractivity contribution in [1.29, 1.82) is 0 Å². The molecule has 19 heavy (non-hydrogen) atoms. The lowest BCUT2D eigenvalue weighted by molar-refractivity contribution is -0.136. The summed E-state index contributed by atoms with van der Waals surface area (Å²) in [5.74, 6) is -0.915. The summed E-state index contributed by atoms with van der Waals surface area (Å²) >= 11 is 3.53. The smallest absolute Gasteiger partial charge is 0.309 e. The Bertz CT molecular complexity index is 604. The molecular formula is C11H14BrN5O2. The lowest BCUT2D eigenvalue weighted by atomic mass is 10.3. The number of hydrogen-bond donors (Lipinski definition) is 1. The van der Waals surface area contributed by atoms with Gasteiger partial charge in [0.05, 0.1) is 34.5 Å². The predicted octanol–water partition coefficient (Wildman–Crippen LogP) is 1.01. The summed E-state index contributed by atoms with van der Waals surface area (Å²) < 4.78 is 4.37. The molecular weight excluding hydrogens is 314 g/mol. The first-order valence-electron chi connectivity index (χ1n) is 5.82. The first-order valence-corrected chi connectivity index (χ1v) is 6.61. The SMILES string of the molecule is CCc1nn(C)c(Cn2cc(CC(=O)O)nn2)c1Br. The van der Waals surface area contributed by atoms with Gasteiger partial charge in [-0.25, -0.2) is 4.68 Å². The zero-order valence-electron chi connectivity index (χ0n) is 10.7. The van der Waals surface area contributed by atoms with Crippen molar-refractivity contribution in [3.05, 3.63) is 27.8 Å². The largest absolute Gasteiger partial charge is 0.481 e. The maximum absolute atomic E-state index is 10.6. The number of nitrogens with zero attached hydrogens (tertiary/aromatic N) is 5. The monoisotopic (exact) mass is 327 g/mol. The van der Waals surface area contributed by atoms with Crippen molar-refractivity contribution in [2.75, 3.05) is 0 Å². The summed E-state index contributed by atoms with van der Waals surface area (Å²) in [6.45, 7) is 2.54. The lowest BCUT2D eigenvalue weighted by Crippen LogP contribution is -2.06. The highest BCUT2D eigenvalue weighted by Crippen LogP contribution is 2.22. The summed E-state index contributed by atoms with van der Waals surface area (Å²) in [6.07, 6.45) is 2.36. The van der Waals surface area contributed by atoms with Crippen LogP contribution < -0.4 is 0 Å². The van der Waals surface area contributed by atoms with Crippen LogP contribution in [0.25, 0.3) is 0 Å². The van der Waals surface area contributed by atoms with Gasteiger partial charge in [0.25, 0.3) is 0 Å². The molecule has 0 unspecified atom stereocenters. The molecule has 0 spiro atoms. The summed E-state index contributed by atoms with van der Waals surface area (Å²) in [7, 11) is 1.87. The second-order valence-corrected chi connectivity index (χ2v) is 4.96. The van der Waals surface area contributed by atoms with E-state index in [0.29, 0.717) is 12.2 Å². The fourth-order valence-corrected chi connectivity index (χ4v) is 2.54. The van der Waals surface area contributed by atoms with E-state index >= 15 is 0 Å². The van der Waals surface area contributed by atoms with Crippen molar-refractivity contribution in [3.63, 3.8) is 0 Å². The Morgan fingerprint density at radius 3 is 2.84 bits per heavy atom. The first kappa shape index (κ1) is 13.7. The Labute approximate surface area is 118 Å². The molecule has 0 saturated heterocycles. The molecule has 0 radical (unpaired) electrons. The van der Waals surface area contributed by atoms with Crippen molar-refractivity contribution in [2.24, 2.45) is 7.05 Å². The number of aromatic nitrogens is 5. The zero-order chi connectivity index (χ0) is 14.0. The normalized spacial score (nSPS) is 10.9. The van der Waals surface area contributed by atoms with Gasteiger partial charge in [0.15, 0.2) is 0 Å². The van der Waals surface area contributed by atoms with E-state index in [1.807, 2.05) is 14.0 Å². The van der Waals surface area contributed by atoms with Gasteiger partial charge in [0.2, 0.25) is 0 Å². The highest BCUT2D eigenvalue weighted by molar-refractivity contribution is 9.10. The number of carboxylic acids is 1. The molecule has 0 bridgehead atoms. The van der Waals surface area contributed by atoms with Gasteiger partial charge in [-0.1, -0.05) is 12.1 Å². The third kappa shape index (κ3) is 3.01. The Hall–Kier alpha value is -1.70. The van der Waals surface area contributed by atoms with Gasteiger partial charge in [0, 0.05) is 13.2 Å². The fourth-order valence-electron chi connectivity index (χ4n) is 1.80. The van der Waals surface area contributed by atoms with Gasteiger partial charge in [-0.15, -0.1) is 5.10 Å². The van der Waals surface area contributed by atoms with E-state index in [1.54, 1.807) is 15.6 Å². The molecule has 0 saturated carbocycles. The topological polar surface area (TPSA) is 85.8 Å². The molecule has 102 valence electrons. The molecule has 2 rings (SSSR count). The number of rotatable bonds is 5. The van der Waals surface area contributed by atoms with Crippen molar-refractivity contribution >= 4 is 21.9 Å². The lowest BCUT2D eigenvalue weighted by Gasteiger charge is -2.02.